The van der Waals surface area contributed by atoms with Gasteiger partial charge in [-0.05, 0) is 75.9 Å². The van der Waals surface area contributed by atoms with Gasteiger partial charge in [0, 0.05) is 26.1 Å². The van der Waals surface area contributed by atoms with Gasteiger partial charge in [0.1, 0.15) is 5.54 Å². The Morgan fingerprint density at radius 1 is 1.21 bits per heavy atom. The first-order chi connectivity index (χ1) is 16.1. The third-order valence-corrected chi connectivity index (χ3v) is 7.05. The minimum Gasteiger partial charge on any atom is -0.339 e. The molecule has 2 heterocycles. The van der Waals surface area contributed by atoms with Gasteiger partial charge in [-0.1, -0.05) is 44.2 Å². The van der Waals surface area contributed by atoms with Crippen LogP contribution < -0.4 is 5.32 Å². The standard InChI is InChI=1S/C27H40N4O3/c1-20(2)11-12-24(32)30-17-13-23(14-18-30)27(19-22-10-7-6-9-21(22)3)25(33)31(26(34)28-27)16-8-15-29(4)5/h6-7,9-12,20,23H,8,13-19H2,1-5H3,(H,28,34)/b12-11+/t27-/m1/s1. The minimum atomic E-state index is -0.968. The number of allylic oxidation sites excluding steroid dienone is 1. The van der Waals surface area contributed by atoms with E-state index in [1.807, 2.05) is 70.1 Å². The molecule has 1 aromatic carbocycles. The van der Waals surface area contributed by atoms with Crippen molar-refractivity contribution in [1.82, 2.24) is 20.0 Å². The van der Waals surface area contributed by atoms with E-state index in [4.69, 9.17) is 0 Å². The van der Waals surface area contributed by atoms with Crippen molar-refractivity contribution in [1.29, 1.82) is 0 Å². The number of amides is 4. The summed E-state index contributed by atoms with van der Waals surface area (Å²) in [5, 5.41) is 3.14. The zero-order valence-electron chi connectivity index (χ0n) is 21.3. The van der Waals surface area contributed by atoms with Crippen molar-refractivity contribution in [2.24, 2.45) is 11.8 Å². The van der Waals surface area contributed by atoms with E-state index in [1.54, 1.807) is 6.08 Å². The Morgan fingerprint density at radius 3 is 2.50 bits per heavy atom. The molecule has 0 aliphatic carbocycles. The van der Waals surface area contributed by atoms with Gasteiger partial charge in [0.25, 0.3) is 5.91 Å². The number of nitrogens with one attached hydrogen (secondary N) is 1. The van der Waals surface area contributed by atoms with E-state index in [9.17, 15) is 14.4 Å². The summed E-state index contributed by atoms with van der Waals surface area (Å²) in [4.78, 5) is 44.8. The normalized spacial score (nSPS) is 21.9. The number of likely N-dealkylation sites (tertiary alicyclic amines) is 1. The first-order valence-electron chi connectivity index (χ1n) is 12.4. The van der Waals surface area contributed by atoms with Crippen LogP contribution in [0.2, 0.25) is 0 Å². The quantitative estimate of drug-likeness (QED) is 0.446. The van der Waals surface area contributed by atoms with E-state index in [2.05, 4.69) is 10.2 Å². The molecular weight excluding hydrogens is 428 g/mol. The van der Waals surface area contributed by atoms with Gasteiger partial charge in [-0.15, -0.1) is 0 Å². The Hall–Kier alpha value is -2.67. The van der Waals surface area contributed by atoms with Crippen molar-refractivity contribution in [3.8, 4) is 0 Å². The van der Waals surface area contributed by atoms with Crippen molar-refractivity contribution in [3.05, 3.63) is 47.5 Å². The fourth-order valence-electron chi connectivity index (χ4n) is 5.02. The summed E-state index contributed by atoms with van der Waals surface area (Å²) < 4.78 is 0. The van der Waals surface area contributed by atoms with E-state index in [0.29, 0.717) is 44.8 Å². The maximum absolute atomic E-state index is 13.9. The molecular formula is C27H40N4O3. The average molecular weight is 469 g/mol. The van der Waals surface area contributed by atoms with E-state index in [-0.39, 0.29) is 23.8 Å². The molecule has 2 aliphatic rings. The van der Waals surface area contributed by atoms with Crippen LogP contribution in [0.5, 0.6) is 0 Å². The van der Waals surface area contributed by atoms with Crippen LogP contribution in [-0.4, -0.2) is 78.4 Å². The number of benzene rings is 1. The predicted octanol–water partition coefficient (Wildman–Crippen LogP) is 3.23. The van der Waals surface area contributed by atoms with E-state index in [0.717, 1.165) is 24.1 Å². The fraction of sp³-hybridized carbons (Fsp3) is 0.593. The van der Waals surface area contributed by atoms with Gasteiger partial charge in [-0.25, -0.2) is 4.79 Å². The molecule has 7 nitrogen and oxygen atoms in total. The molecule has 2 fully saturated rings. The van der Waals surface area contributed by atoms with E-state index >= 15 is 0 Å². The molecule has 1 N–H and O–H groups in total. The first-order valence-corrected chi connectivity index (χ1v) is 12.4. The van der Waals surface area contributed by atoms with E-state index in [1.165, 1.54) is 4.90 Å². The third-order valence-electron chi connectivity index (χ3n) is 7.05. The molecule has 186 valence electrons. The predicted molar refractivity (Wildman–Crippen MR) is 134 cm³/mol. The number of imide groups is 1. The molecule has 0 radical (unpaired) electrons. The Kier molecular flexibility index (Phi) is 8.52. The topological polar surface area (TPSA) is 73.0 Å². The number of piperidine rings is 1. The van der Waals surface area contributed by atoms with Crippen LogP contribution in [0.1, 0.15) is 44.2 Å². The highest BCUT2D eigenvalue weighted by Gasteiger charge is 2.55. The number of carbonyl (C=O) groups excluding carboxylic acids is 3. The smallest absolute Gasteiger partial charge is 0.325 e. The highest BCUT2D eigenvalue weighted by Crippen LogP contribution is 2.37. The van der Waals surface area contributed by atoms with E-state index < -0.39 is 5.54 Å². The molecule has 0 bridgehead atoms. The molecule has 1 aromatic rings. The summed E-state index contributed by atoms with van der Waals surface area (Å²) >= 11 is 0. The monoisotopic (exact) mass is 468 g/mol. The molecule has 2 aliphatic heterocycles. The molecule has 7 heteroatoms. The van der Waals surface area contributed by atoms with Gasteiger partial charge < -0.3 is 15.1 Å². The molecule has 0 unspecified atom stereocenters. The second-order valence-corrected chi connectivity index (χ2v) is 10.3. The van der Waals surface area contributed by atoms with Gasteiger partial charge >= 0.3 is 6.03 Å². The second-order valence-electron chi connectivity index (χ2n) is 10.3. The van der Waals surface area contributed by atoms with Gasteiger partial charge in [0.15, 0.2) is 0 Å². The zero-order chi connectivity index (χ0) is 24.9. The minimum absolute atomic E-state index is 0.0206. The summed E-state index contributed by atoms with van der Waals surface area (Å²) in [6.45, 7) is 8.54. The maximum atomic E-state index is 13.9. The van der Waals surface area contributed by atoms with Gasteiger partial charge in [0.2, 0.25) is 5.91 Å². The zero-order valence-corrected chi connectivity index (χ0v) is 21.3. The number of nitrogens with zero attached hydrogens (tertiary/aromatic N) is 3. The van der Waals surface area contributed by atoms with Crippen LogP contribution >= 0.6 is 0 Å². The lowest BCUT2D eigenvalue weighted by Crippen LogP contribution is -2.58. The largest absolute Gasteiger partial charge is 0.339 e. The van der Waals surface area contributed by atoms with Crippen molar-refractivity contribution in [2.75, 3.05) is 40.3 Å². The molecule has 4 amide bonds. The first kappa shape index (κ1) is 25.9. The van der Waals surface area contributed by atoms with Crippen LogP contribution in [0.25, 0.3) is 0 Å². The lowest BCUT2D eigenvalue weighted by molar-refractivity contribution is -0.134. The van der Waals surface area contributed by atoms with Crippen molar-refractivity contribution in [3.63, 3.8) is 0 Å². The highest BCUT2D eigenvalue weighted by molar-refractivity contribution is 6.07. The second kappa shape index (κ2) is 11.2. The molecule has 3 rings (SSSR count). The van der Waals surface area contributed by atoms with Crippen molar-refractivity contribution < 1.29 is 14.4 Å². The molecule has 0 aromatic heterocycles. The number of rotatable bonds is 9. The number of urea groups is 1. The highest BCUT2D eigenvalue weighted by atomic mass is 16.2. The molecule has 1 atom stereocenters. The summed E-state index contributed by atoms with van der Waals surface area (Å²) in [7, 11) is 3.97. The van der Waals surface area contributed by atoms with Gasteiger partial charge in [0.05, 0.1) is 0 Å². The van der Waals surface area contributed by atoms with Crippen LogP contribution in [0.4, 0.5) is 4.79 Å². The number of aryl methyl sites for hydroxylation is 1. The average Bonchev–Trinajstić information content (AvgIpc) is 3.03. The maximum Gasteiger partial charge on any atom is 0.325 e. The fourth-order valence-corrected chi connectivity index (χ4v) is 5.02. The lowest BCUT2D eigenvalue weighted by Gasteiger charge is -2.41. The van der Waals surface area contributed by atoms with Crippen LogP contribution in [0.3, 0.4) is 0 Å². The van der Waals surface area contributed by atoms with Crippen LogP contribution in [0, 0.1) is 18.8 Å². The summed E-state index contributed by atoms with van der Waals surface area (Å²) in [5.74, 6) is 0.195. The number of hydrogen-bond donors (Lipinski definition) is 1. The van der Waals surface area contributed by atoms with Crippen molar-refractivity contribution >= 4 is 17.8 Å². The molecule has 34 heavy (non-hydrogen) atoms. The number of carbonyl (C=O) groups is 3. The SMILES string of the molecule is Cc1ccccc1C[C@]1(C2CCN(C(=O)/C=C/C(C)C)CC2)NC(=O)N(CCCN(C)C)C1=O. The number of hydrogen-bond acceptors (Lipinski definition) is 4. The third kappa shape index (κ3) is 5.87. The summed E-state index contributed by atoms with van der Waals surface area (Å²) in [6, 6.07) is 7.76. The lowest BCUT2D eigenvalue weighted by atomic mass is 9.73. The Labute approximate surface area is 204 Å². The van der Waals surface area contributed by atoms with Gasteiger partial charge in [-0.2, -0.15) is 0 Å². The molecule has 2 saturated heterocycles. The van der Waals surface area contributed by atoms with Crippen LogP contribution in [0.15, 0.2) is 36.4 Å². The molecule has 0 spiro atoms. The Balaban J connectivity index is 1.81. The Bertz CT molecular complexity index is 918. The molecule has 0 saturated carbocycles. The summed E-state index contributed by atoms with van der Waals surface area (Å²) in [5.41, 5.74) is 1.22. The summed E-state index contributed by atoms with van der Waals surface area (Å²) in [6.07, 6.45) is 6.15. The van der Waals surface area contributed by atoms with Crippen molar-refractivity contribution in [2.45, 2.75) is 52.0 Å². The Morgan fingerprint density at radius 2 is 1.88 bits per heavy atom. The van der Waals surface area contributed by atoms with Crippen LogP contribution in [-0.2, 0) is 16.0 Å². The van der Waals surface area contributed by atoms with Gasteiger partial charge in [-0.3, -0.25) is 14.5 Å².